The molecule has 17 heavy (non-hydrogen) atoms. The van der Waals surface area contributed by atoms with E-state index < -0.39 is 0 Å². The number of carbonyl (C=O) groups is 1. The Balaban J connectivity index is 2.01. The second kappa shape index (κ2) is 5.96. The molecule has 3 nitrogen and oxygen atoms in total. The molecule has 0 unspecified atom stereocenters. The Morgan fingerprint density at radius 2 is 2.29 bits per heavy atom. The molecule has 1 aliphatic rings. The summed E-state index contributed by atoms with van der Waals surface area (Å²) < 4.78 is 0. The first kappa shape index (κ1) is 12.3. The maximum Gasteiger partial charge on any atom is 0.315 e. The molecule has 1 aliphatic heterocycles. The summed E-state index contributed by atoms with van der Waals surface area (Å²) in [5.74, 6) is 1.07. The minimum Gasteiger partial charge on any atom is -0.338 e. The molecule has 92 valence electrons. The van der Waals surface area contributed by atoms with Gasteiger partial charge in [0.15, 0.2) is 0 Å². The number of hydrogen-bond acceptors (Lipinski definition) is 2. The molecule has 0 spiro atoms. The van der Waals surface area contributed by atoms with Crippen LogP contribution in [0.2, 0.25) is 0 Å². The van der Waals surface area contributed by atoms with Crippen LogP contribution in [0.1, 0.15) is 31.4 Å². The van der Waals surface area contributed by atoms with Crippen LogP contribution in [0.5, 0.6) is 0 Å². The maximum absolute atomic E-state index is 11.7. The average Bonchev–Trinajstić information content (AvgIpc) is 2.37. The van der Waals surface area contributed by atoms with Crippen molar-refractivity contribution in [3.8, 4) is 0 Å². The summed E-state index contributed by atoms with van der Waals surface area (Å²) in [6.45, 7) is 2.78. The van der Waals surface area contributed by atoms with Crippen LogP contribution < -0.4 is 10.6 Å². The molecule has 2 N–H and O–H groups in total. The van der Waals surface area contributed by atoms with Crippen LogP contribution >= 0.6 is 11.8 Å². The third-order valence-corrected chi connectivity index (χ3v) is 3.92. The van der Waals surface area contributed by atoms with Crippen LogP contribution in [0.15, 0.2) is 29.2 Å². The van der Waals surface area contributed by atoms with E-state index in [0.717, 1.165) is 25.1 Å². The fourth-order valence-electron chi connectivity index (χ4n) is 1.94. The van der Waals surface area contributed by atoms with Gasteiger partial charge in [0, 0.05) is 17.2 Å². The number of amides is 2. The number of fused-ring (bicyclic) bond motifs is 1. The lowest BCUT2D eigenvalue weighted by molar-refractivity contribution is 0.236. The van der Waals surface area contributed by atoms with Gasteiger partial charge in [0.1, 0.15) is 0 Å². The Hall–Kier alpha value is -1.16. The summed E-state index contributed by atoms with van der Waals surface area (Å²) in [6, 6.07) is 8.40. The maximum atomic E-state index is 11.7. The van der Waals surface area contributed by atoms with Crippen LogP contribution in [-0.2, 0) is 0 Å². The second-order valence-corrected chi connectivity index (χ2v) is 5.26. The molecular weight excluding hydrogens is 232 g/mol. The Morgan fingerprint density at radius 1 is 1.47 bits per heavy atom. The lowest BCUT2D eigenvalue weighted by Gasteiger charge is -2.25. The molecule has 0 radical (unpaired) electrons. The third kappa shape index (κ3) is 3.16. The molecule has 2 amide bonds. The SMILES string of the molecule is CCCNC(=O)N[C@H]1CCSc2ccccc21. The van der Waals surface area contributed by atoms with Crippen molar-refractivity contribution in [3.05, 3.63) is 29.8 Å². The standard InChI is InChI=1S/C13H18N2OS/c1-2-8-14-13(16)15-11-7-9-17-12-6-4-3-5-10(11)12/h3-6,11H,2,7-9H2,1H3,(H2,14,15,16)/t11-/m0/s1. The quantitative estimate of drug-likeness (QED) is 0.866. The van der Waals surface area contributed by atoms with Crippen molar-refractivity contribution in [3.63, 3.8) is 0 Å². The Bertz CT molecular complexity index is 395. The van der Waals surface area contributed by atoms with Crippen molar-refractivity contribution in [1.29, 1.82) is 0 Å². The zero-order chi connectivity index (χ0) is 12.1. The fraction of sp³-hybridized carbons (Fsp3) is 0.462. The molecule has 0 aliphatic carbocycles. The lowest BCUT2D eigenvalue weighted by atomic mass is 10.0. The Morgan fingerprint density at radius 3 is 3.12 bits per heavy atom. The van der Waals surface area contributed by atoms with Crippen molar-refractivity contribution >= 4 is 17.8 Å². The van der Waals surface area contributed by atoms with E-state index in [1.54, 1.807) is 0 Å². The van der Waals surface area contributed by atoms with E-state index in [-0.39, 0.29) is 12.1 Å². The van der Waals surface area contributed by atoms with Gasteiger partial charge in [-0.15, -0.1) is 11.8 Å². The second-order valence-electron chi connectivity index (χ2n) is 4.13. The number of rotatable bonds is 3. The summed E-state index contributed by atoms with van der Waals surface area (Å²) >= 11 is 1.87. The molecule has 1 aromatic carbocycles. The molecule has 0 fully saturated rings. The number of benzene rings is 1. The normalized spacial score (nSPS) is 18.3. The van der Waals surface area contributed by atoms with Gasteiger partial charge in [-0.3, -0.25) is 0 Å². The summed E-state index contributed by atoms with van der Waals surface area (Å²) in [5.41, 5.74) is 1.25. The molecule has 1 aromatic rings. The van der Waals surface area contributed by atoms with E-state index in [0.29, 0.717) is 0 Å². The van der Waals surface area contributed by atoms with Crippen LogP contribution in [-0.4, -0.2) is 18.3 Å². The lowest BCUT2D eigenvalue weighted by Crippen LogP contribution is -2.39. The van der Waals surface area contributed by atoms with Crippen LogP contribution in [0.3, 0.4) is 0 Å². The van der Waals surface area contributed by atoms with Gasteiger partial charge < -0.3 is 10.6 Å². The van der Waals surface area contributed by atoms with Gasteiger partial charge in [0.05, 0.1) is 6.04 Å². The molecule has 4 heteroatoms. The molecule has 1 heterocycles. The molecule has 0 saturated heterocycles. The fourth-order valence-corrected chi connectivity index (χ4v) is 3.07. The molecule has 0 saturated carbocycles. The van der Waals surface area contributed by atoms with Gasteiger partial charge in [-0.2, -0.15) is 0 Å². The molecule has 1 atom stereocenters. The van der Waals surface area contributed by atoms with Gasteiger partial charge >= 0.3 is 6.03 Å². The van der Waals surface area contributed by atoms with Crippen LogP contribution in [0.25, 0.3) is 0 Å². The van der Waals surface area contributed by atoms with Crippen molar-refractivity contribution in [2.45, 2.75) is 30.7 Å². The highest BCUT2D eigenvalue weighted by molar-refractivity contribution is 7.99. The van der Waals surface area contributed by atoms with Gasteiger partial charge in [-0.1, -0.05) is 25.1 Å². The highest BCUT2D eigenvalue weighted by atomic mass is 32.2. The predicted molar refractivity (Wildman–Crippen MR) is 71.3 cm³/mol. The molecule has 0 aromatic heterocycles. The number of thioether (sulfide) groups is 1. The zero-order valence-electron chi connectivity index (χ0n) is 10.0. The zero-order valence-corrected chi connectivity index (χ0v) is 10.8. The number of urea groups is 1. The Labute approximate surface area is 106 Å². The average molecular weight is 250 g/mol. The van der Waals surface area contributed by atoms with Crippen LogP contribution in [0, 0.1) is 0 Å². The van der Waals surface area contributed by atoms with E-state index in [4.69, 9.17) is 0 Å². The minimum atomic E-state index is -0.0569. The summed E-state index contributed by atoms with van der Waals surface area (Å²) in [7, 11) is 0. The number of hydrogen-bond donors (Lipinski definition) is 2. The first-order valence-electron chi connectivity index (χ1n) is 6.07. The summed E-state index contributed by atoms with van der Waals surface area (Å²) in [4.78, 5) is 12.9. The molecule has 0 bridgehead atoms. The van der Waals surface area contributed by atoms with Gasteiger partial charge in [-0.25, -0.2) is 4.79 Å². The van der Waals surface area contributed by atoms with Gasteiger partial charge in [0.25, 0.3) is 0 Å². The molecular formula is C13H18N2OS. The van der Waals surface area contributed by atoms with E-state index in [9.17, 15) is 4.79 Å². The van der Waals surface area contributed by atoms with E-state index >= 15 is 0 Å². The van der Waals surface area contributed by atoms with Crippen molar-refractivity contribution in [2.75, 3.05) is 12.3 Å². The number of carbonyl (C=O) groups excluding carboxylic acids is 1. The first-order chi connectivity index (χ1) is 8.31. The van der Waals surface area contributed by atoms with Crippen molar-refractivity contribution in [1.82, 2.24) is 10.6 Å². The third-order valence-electron chi connectivity index (χ3n) is 2.80. The smallest absolute Gasteiger partial charge is 0.315 e. The van der Waals surface area contributed by atoms with Crippen molar-refractivity contribution in [2.24, 2.45) is 0 Å². The van der Waals surface area contributed by atoms with Crippen LogP contribution in [0.4, 0.5) is 4.79 Å². The molecule has 2 rings (SSSR count). The Kier molecular flexibility index (Phi) is 4.31. The summed E-state index contributed by atoms with van der Waals surface area (Å²) in [6.07, 6.45) is 1.96. The minimum absolute atomic E-state index is 0.0569. The van der Waals surface area contributed by atoms with E-state index in [2.05, 4.69) is 22.8 Å². The number of nitrogens with one attached hydrogen (secondary N) is 2. The predicted octanol–water partition coefficient (Wildman–Crippen LogP) is 2.93. The summed E-state index contributed by atoms with van der Waals surface area (Å²) in [5, 5.41) is 5.90. The highest BCUT2D eigenvalue weighted by Crippen LogP contribution is 2.35. The monoisotopic (exact) mass is 250 g/mol. The van der Waals surface area contributed by atoms with E-state index in [1.165, 1.54) is 10.5 Å². The van der Waals surface area contributed by atoms with Gasteiger partial charge in [0.2, 0.25) is 0 Å². The van der Waals surface area contributed by atoms with Gasteiger partial charge in [-0.05, 0) is 24.5 Å². The largest absolute Gasteiger partial charge is 0.338 e. The first-order valence-corrected chi connectivity index (χ1v) is 7.06. The van der Waals surface area contributed by atoms with E-state index in [1.807, 2.05) is 30.8 Å². The topological polar surface area (TPSA) is 41.1 Å². The highest BCUT2D eigenvalue weighted by Gasteiger charge is 2.21. The van der Waals surface area contributed by atoms with Crippen molar-refractivity contribution < 1.29 is 4.79 Å².